The summed E-state index contributed by atoms with van der Waals surface area (Å²) in [6, 6.07) is 4.28. The third-order valence-corrected chi connectivity index (χ3v) is 4.04. The Labute approximate surface area is 122 Å². The van der Waals surface area contributed by atoms with Crippen LogP contribution in [0.4, 0.5) is 18.9 Å². The zero-order valence-electron chi connectivity index (χ0n) is 12.0. The lowest BCUT2D eigenvalue weighted by Crippen LogP contribution is -2.33. The molecule has 1 saturated carbocycles. The first kappa shape index (κ1) is 15.7. The highest BCUT2D eigenvalue weighted by molar-refractivity contribution is 5.97. The van der Waals surface area contributed by atoms with Crippen molar-refractivity contribution in [3.05, 3.63) is 29.3 Å². The molecule has 1 aromatic carbocycles. The molecular formula is C15H20F3N3. The molecule has 0 amide bonds. The molecular weight excluding hydrogens is 279 g/mol. The first-order valence-electron chi connectivity index (χ1n) is 7.17. The van der Waals surface area contributed by atoms with Gasteiger partial charge in [0.25, 0.3) is 0 Å². The molecule has 0 unspecified atom stereocenters. The number of hydrogen-bond donors (Lipinski definition) is 2. The maximum Gasteiger partial charge on any atom is 0.417 e. The molecule has 0 spiro atoms. The van der Waals surface area contributed by atoms with Crippen LogP contribution in [0.15, 0.2) is 18.2 Å². The number of rotatable bonds is 4. The maximum absolute atomic E-state index is 13.0. The number of nitrogens with one attached hydrogen (secondary N) is 1. The molecule has 1 aliphatic carbocycles. The molecule has 6 heteroatoms. The van der Waals surface area contributed by atoms with Crippen LogP contribution in [0, 0.1) is 5.41 Å². The van der Waals surface area contributed by atoms with Gasteiger partial charge in [0, 0.05) is 23.8 Å². The molecule has 21 heavy (non-hydrogen) atoms. The second kappa shape index (κ2) is 5.95. The SMILES string of the molecule is CCN(c1ccc(C(F)(F)F)c(C(=N)N)c1)C1CCCC1. The van der Waals surface area contributed by atoms with Gasteiger partial charge in [0.1, 0.15) is 5.84 Å². The van der Waals surface area contributed by atoms with Gasteiger partial charge < -0.3 is 10.6 Å². The van der Waals surface area contributed by atoms with Crippen LogP contribution in [-0.2, 0) is 6.18 Å². The smallest absolute Gasteiger partial charge is 0.384 e. The van der Waals surface area contributed by atoms with Gasteiger partial charge in [-0.1, -0.05) is 12.8 Å². The number of nitrogens with two attached hydrogens (primary N) is 1. The number of benzene rings is 1. The van der Waals surface area contributed by atoms with E-state index in [-0.39, 0.29) is 5.56 Å². The molecule has 116 valence electrons. The van der Waals surface area contributed by atoms with E-state index in [1.165, 1.54) is 12.1 Å². The fraction of sp³-hybridized carbons (Fsp3) is 0.533. The van der Waals surface area contributed by atoms with E-state index >= 15 is 0 Å². The van der Waals surface area contributed by atoms with Crippen molar-refractivity contribution >= 4 is 11.5 Å². The largest absolute Gasteiger partial charge is 0.417 e. The highest BCUT2D eigenvalue weighted by Gasteiger charge is 2.34. The predicted octanol–water partition coefficient (Wildman–Crippen LogP) is 3.76. The summed E-state index contributed by atoms with van der Waals surface area (Å²) in [5.74, 6) is -0.549. The van der Waals surface area contributed by atoms with Crippen LogP contribution in [0.25, 0.3) is 0 Å². The van der Waals surface area contributed by atoms with Crippen molar-refractivity contribution in [2.45, 2.75) is 44.8 Å². The van der Waals surface area contributed by atoms with Gasteiger partial charge in [-0.3, -0.25) is 5.41 Å². The summed E-state index contributed by atoms with van der Waals surface area (Å²) < 4.78 is 38.9. The third-order valence-electron chi connectivity index (χ3n) is 4.04. The van der Waals surface area contributed by atoms with Gasteiger partial charge in [-0.25, -0.2) is 0 Å². The van der Waals surface area contributed by atoms with Crippen molar-refractivity contribution in [2.75, 3.05) is 11.4 Å². The van der Waals surface area contributed by atoms with E-state index in [2.05, 4.69) is 4.90 Å². The molecule has 0 aromatic heterocycles. The number of amidine groups is 1. The minimum atomic E-state index is -4.50. The molecule has 0 bridgehead atoms. The summed E-state index contributed by atoms with van der Waals surface area (Å²) in [4.78, 5) is 2.11. The molecule has 0 heterocycles. The van der Waals surface area contributed by atoms with Crippen molar-refractivity contribution in [2.24, 2.45) is 5.73 Å². The Morgan fingerprint density at radius 1 is 1.33 bits per heavy atom. The number of alkyl halides is 3. The monoisotopic (exact) mass is 299 g/mol. The Morgan fingerprint density at radius 2 is 1.95 bits per heavy atom. The molecule has 1 aliphatic rings. The predicted molar refractivity (Wildman–Crippen MR) is 77.7 cm³/mol. The normalized spacial score (nSPS) is 16.2. The second-order valence-corrected chi connectivity index (χ2v) is 5.37. The minimum Gasteiger partial charge on any atom is -0.384 e. The summed E-state index contributed by atoms with van der Waals surface area (Å²) in [7, 11) is 0. The number of anilines is 1. The van der Waals surface area contributed by atoms with Crippen LogP contribution in [0.3, 0.4) is 0 Å². The van der Waals surface area contributed by atoms with Gasteiger partial charge in [-0.05, 0) is 38.0 Å². The summed E-state index contributed by atoms with van der Waals surface area (Å²) in [6.45, 7) is 2.72. The molecule has 0 radical (unpaired) electrons. The highest BCUT2D eigenvalue weighted by Crippen LogP contribution is 2.35. The Hall–Kier alpha value is -1.72. The fourth-order valence-corrected chi connectivity index (χ4v) is 3.05. The van der Waals surface area contributed by atoms with Crippen molar-refractivity contribution < 1.29 is 13.2 Å². The van der Waals surface area contributed by atoms with Crippen molar-refractivity contribution in [3.8, 4) is 0 Å². The Balaban J connectivity index is 2.41. The quantitative estimate of drug-likeness (QED) is 0.657. The number of nitrogens with zero attached hydrogens (tertiary/aromatic N) is 1. The van der Waals surface area contributed by atoms with E-state index in [9.17, 15) is 13.2 Å². The molecule has 0 atom stereocenters. The fourth-order valence-electron chi connectivity index (χ4n) is 3.05. The van der Waals surface area contributed by atoms with Crippen LogP contribution >= 0.6 is 0 Å². The van der Waals surface area contributed by atoms with E-state index < -0.39 is 17.6 Å². The molecule has 0 aliphatic heterocycles. The van der Waals surface area contributed by atoms with E-state index in [0.29, 0.717) is 11.7 Å². The molecule has 3 nitrogen and oxygen atoms in total. The number of hydrogen-bond acceptors (Lipinski definition) is 2. The molecule has 1 fully saturated rings. The lowest BCUT2D eigenvalue weighted by atomic mass is 10.0. The Morgan fingerprint density at radius 3 is 2.43 bits per heavy atom. The second-order valence-electron chi connectivity index (χ2n) is 5.37. The Bertz CT molecular complexity index is 519. The Kier molecular flexibility index (Phi) is 4.44. The van der Waals surface area contributed by atoms with Crippen LogP contribution in [-0.4, -0.2) is 18.4 Å². The summed E-state index contributed by atoms with van der Waals surface area (Å²) >= 11 is 0. The highest BCUT2D eigenvalue weighted by atomic mass is 19.4. The summed E-state index contributed by atoms with van der Waals surface area (Å²) in [6.07, 6.45) is -0.0682. The van der Waals surface area contributed by atoms with Crippen LogP contribution < -0.4 is 10.6 Å². The van der Waals surface area contributed by atoms with E-state index in [1.54, 1.807) is 0 Å². The van der Waals surface area contributed by atoms with Gasteiger partial charge in [-0.2, -0.15) is 13.2 Å². The summed E-state index contributed by atoms with van der Waals surface area (Å²) in [5, 5.41) is 7.42. The van der Waals surface area contributed by atoms with Gasteiger partial charge in [-0.15, -0.1) is 0 Å². The van der Waals surface area contributed by atoms with E-state index in [4.69, 9.17) is 11.1 Å². The van der Waals surface area contributed by atoms with Crippen molar-refractivity contribution in [1.82, 2.24) is 0 Å². The van der Waals surface area contributed by atoms with E-state index in [0.717, 1.165) is 38.3 Å². The van der Waals surface area contributed by atoms with Crippen LogP contribution in [0.5, 0.6) is 0 Å². The zero-order valence-corrected chi connectivity index (χ0v) is 12.0. The van der Waals surface area contributed by atoms with Crippen LogP contribution in [0.2, 0.25) is 0 Å². The third kappa shape index (κ3) is 3.31. The maximum atomic E-state index is 13.0. The minimum absolute atomic E-state index is 0.239. The average molecular weight is 299 g/mol. The average Bonchev–Trinajstić information content (AvgIpc) is 2.92. The molecule has 2 rings (SSSR count). The number of halogens is 3. The first-order valence-corrected chi connectivity index (χ1v) is 7.17. The van der Waals surface area contributed by atoms with Gasteiger partial charge >= 0.3 is 6.18 Å². The van der Waals surface area contributed by atoms with Crippen molar-refractivity contribution in [1.29, 1.82) is 5.41 Å². The van der Waals surface area contributed by atoms with Gasteiger partial charge in [0.2, 0.25) is 0 Å². The van der Waals surface area contributed by atoms with Gasteiger partial charge in [0.15, 0.2) is 0 Å². The standard InChI is InChI=1S/C15H20F3N3/c1-2-21(10-5-3-4-6-10)11-7-8-13(15(16,17)18)12(9-11)14(19)20/h7-10H,2-6H2,1H3,(H3,19,20). The number of nitrogen functional groups attached to an aromatic ring is 1. The van der Waals surface area contributed by atoms with Crippen molar-refractivity contribution in [3.63, 3.8) is 0 Å². The first-order chi connectivity index (χ1) is 9.84. The summed E-state index contributed by atoms with van der Waals surface area (Å²) in [5.41, 5.74) is 4.97. The lowest BCUT2D eigenvalue weighted by molar-refractivity contribution is -0.137. The lowest BCUT2D eigenvalue weighted by Gasteiger charge is -2.30. The topological polar surface area (TPSA) is 53.1 Å². The molecule has 3 N–H and O–H groups in total. The molecule has 0 saturated heterocycles. The van der Waals surface area contributed by atoms with Crippen LogP contribution in [0.1, 0.15) is 43.7 Å². The molecule has 1 aromatic rings. The van der Waals surface area contributed by atoms with E-state index in [1.807, 2.05) is 6.92 Å². The van der Waals surface area contributed by atoms with Gasteiger partial charge in [0.05, 0.1) is 5.56 Å². The zero-order chi connectivity index (χ0) is 15.6.